The Morgan fingerprint density at radius 3 is 2.55 bits per heavy atom. The minimum absolute atomic E-state index is 0.0545. The third-order valence-electron chi connectivity index (χ3n) is 3.94. The maximum absolute atomic E-state index is 12.2. The molecule has 1 fully saturated rings. The van der Waals surface area contributed by atoms with Gasteiger partial charge in [-0.2, -0.15) is 0 Å². The molecular formula is C16H23NO3. The summed E-state index contributed by atoms with van der Waals surface area (Å²) in [5.74, 6) is -0.525. The van der Waals surface area contributed by atoms with Crippen molar-refractivity contribution in [2.45, 2.75) is 51.6 Å². The fraction of sp³-hybridized carbons (Fsp3) is 0.562. The Morgan fingerprint density at radius 1 is 1.30 bits per heavy atom. The largest absolute Gasteiger partial charge is 0.506 e. The number of rotatable bonds is 2. The molecule has 0 heterocycles. The molecule has 0 spiro atoms. The lowest BCUT2D eigenvalue weighted by Crippen LogP contribution is -2.28. The molecule has 20 heavy (non-hydrogen) atoms. The minimum atomic E-state index is -0.567. The summed E-state index contributed by atoms with van der Waals surface area (Å²) >= 11 is 0. The van der Waals surface area contributed by atoms with Crippen LogP contribution in [0.1, 0.15) is 45.6 Å². The van der Waals surface area contributed by atoms with Crippen LogP contribution in [-0.2, 0) is 10.2 Å². The van der Waals surface area contributed by atoms with Crippen molar-refractivity contribution in [2.24, 2.45) is 5.92 Å². The molecule has 2 atom stereocenters. The van der Waals surface area contributed by atoms with Crippen LogP contribution in [0.2, 0.25) is 0 Å². The van der Waals surface area contributed by atoms with E-state index in [-0.39, 0.29) is 23.0 Å². The summed E-state index contributed by atoms with van der Waals surface area (Å²) in [6.45, 7) is 6.23. The maximum Gasteiger partial charge on any atom is 0.230 e. The number of nitrogens with one attached hydrogen (secondary N) is 1. The van der Waals surface area contributed by atoms with E-state index in [9.17, 15) is 15.0 Å². The quantitative estimate of drug-likeness (QED) is 0.728. The predicted octanol–water partition coefficient (Wildman–Crippen LogP) is 2.79. The second kappa shape index (κ2) is 5.44. The van der Waals surface area contributed by atoms with Gasteiger partial charge in [0.1, 0.15) is 5.75 Å². The number of benzene rings is 1. The first-order valence-electron chi connectivity index (χ1n) is 7.11. The lowest BCUT2D eigenvalue weighted by molar-refractivity contribution is -0.122. The van der Waals surface area contributed by atoms with E-state index < -0.39 is 6.10 Å². The van der Waals surface area contributed by atoms with Crippen molar-refractivity contribution in [2.75, 3.05) is 5.32 Å². The number of phenolic OH excluding ortho intramolecular Hbond substituents is 1. The van der Waals surface area contributed by atoms with Crippen molar-refractivity contribution < 1.29 is 15.0 Å². The molecule has 110 valence electrons. The van der Waals surface area contributed by atoms with Gasteiger partial charge in [-0.15, -0.1) is 0 Å². The van der Waals surface area contributed by atoms with E-state index in [2.05, 4.69) is 26.1 Å². The van der Waals surface area contributed by atoms with E-state index in [1.807, 2.05) is 6.07 Å². The summed E-state index contributed by atoms with van der Waals surface area (Å²) in [6, 6.07) is 5.26. The number of aliphatic hydroxyl groups is 1. The molecule has 0 aromatic heterocycles. The average Bonchev–Trinajstić information content (AvgIpc) is 2.77. The van der Waals surface area contributed by atoms with E-state index >= 15 is 0 Å². The first-order valence-corrected chi connectivity index (χ1v) is 7.11. The molecule has 4 heteroatoms. The van der Waals surface area contributed by atoms with Gasteiger partial charge in [-0.3, -0.25) is 4.79 Å². The van der Waals surface area contributed by atoms with Gasteiger partial charge in [-0.25, -0.2) is 0 Å². The molecule has 0 bridgehead atoms. The molecule has 0 radical (unpaired) electrons. The first kappa shape index (κ1) is 14.9. The van der Waals surface area contributed by atoms with Crippen molar-refractivity contribution in [1.82, 2.24) is 0 Å². The summed E-state index contributed by atoms with van der Waals surface area (Å²) in [5.41, 5.74) is 1.40. The molecule has 1 aliphatic rings. The summed E-state index contributed by atoms with van der Waals surface area (Å²) in [6.07, 6.45) is 1.68. The molecule has 2 rings (SSSR count). The minimum Gasteiger partial charge on any atom is -0.506 e. The van der Waals surface area contributed by atoms with Crippen LogP contribution in [0.15, 0.2) is 18.2 Å². The summed E-state index contributed by atoms with van der Waals surface area (Å²) < 4.78 is 0. The normalized spacial score (nSPS) is 22.8. The lowest BCUT2D eigenvalue weighted by Gasteiger charge is -2.21. The lowest BCUT2D eigenvalue weighted by atomic mass is 9.87. The predicted molar refractivity (Wildman–Crippen MR) is 78.8 cm³/mol. The zero-order valence-electron chi connectivity index (χ0n) is 12.3. The Morgan fingerprint density at radius 2 is 2.00 bits per heavy atom. The highest BCUT2D eigenvalue weighted by atomic mass is 16.3. The van der Waals surface area contributed by atoms with Crippen molar-refractivity contribution in [3.63, 3.8) is 0 Å². The molecule has 3 N–H and O–H groups in total. The average molecular weight is 277 g/mol. The zero-order valence-corrected chi connectivity index (χ0v) is 12.3. The zero-order chi connectivity index (χ0) is 14.9. The molecule has 1 aromatic carbocycles. The molecule has 1 aromatic rings. The first-order chi connectivity index (χ1) is 9.29. The van der Waals surface area contributed by atoms with E-state index in [0.29, 0.717) is 18.5 Å². The Labute approximate surface area is 119 Å². The fourth-order valence-corrected chi connectivity index (χ4v) is 2.57. The monoisotopic (exact) mass is 277 g/mol. The summed E-state index contributed by atoms with van der Waals surface area (Å²) in [7, 11) is 0. The van der Waals surface area contributed by atoms with Gasteiger partial charge in [0.05, 0.1) is 17.7 Å². The maximum atomic E-state index is 12.2. The Bertz CT molecular complexity index is 505. The van der Waals surface area contributed by atoms with Crippen molar-refractivity contribution in [3.05, 3.63) is 23.8 Å². The van der Waals surface area contributed by atoms with E-state index in [0.717, 1.165) is 12.0 Å². The number of hydrogen-bond acceptors (Lipinski definition) is 3. The molecule has 1 aliphatic carbocycles. The number of carbonyl (C=O) groups is 1. The van der Waals surface area contributed by atoms with Crippen LogP contribution in [0.25, 0.3) is 0 Å². The van der Waals surface area contributed by atoms with Gasteiger partial charge in [0, 0.05) is 0 Å². The van der Waals surface area contributed by atoms with Crippen LogP contribution in [0.4, 0.5) is 5.69 Å². The highest BCUT2D eigenvalue weighted by molar-refractivity contribution is 5.94. The van der Waals surface area contributed by atoms with Crippen molar-refractivity contribution >= 4 is 11.6 Å². The fourth-order valence-electron chi connectivity index (χ4n) is 2.57. The van der Waals surface area contributed by atoms with Crippen LogP contribution in [0.5, 0.6) is 5.75 Å². The van der Waals surface area contributed by atoms with Crippen molar-refractivity contribution in [1.29, 1.82) is 0 Å². The Kier molecular flexibility index (Phi) is 4.04. The van der Waals surface area contributed by atoms with Crippen LogP contribution < -0.4 is 5.32 Å². The van der Waals surface area contributed by atoms with Crippen LogP contribution in [0, 0.1) is 5.92 Å². The second-order valence-electron chi connectivity index (χ2n) is 6.58. The Hall–Kier alpha value is -1.55. The van der Waals surface area contributed by atoms with Gasteiger partial charge < -0.3 is 15.5 Å². The second-order valence-corrected chi connectivity index (χ2v) is 6.58. The van der Waals surface area contributed by atoms with Gasteiger partial charge in [0.15, 0.2) is 0 Å². The van der Waals surface area contributed by atoms with E-state index in [1.54, 1.807) is 12.1 Å². The smallest absolute Gasteiger partial charge is 0.230 e. The molecule has 4 nitrogen and oxygen atoms in total. The number of hydrogen-bond donors (Lipinski definition) is 3. The van der Waals surface area contributed by atoms with Gasteiger partial charge in [-0.05, 0) is 42.4 Å². The van der Waals surface area contributed by atoms with Gasteiger partial charge in [-0.1, -0.05) is 26.8 Å². The number of anilines is 1. The highest BCUT2D eigenvalue weighted by Crippen LogP contribution is 2.32. The highest BCUT2D eigenvalue weighted by Gasteiger charge is 2.31. The SMILES string of the molecule is CC(C)(C)c1ccc(O)c(NC(=O)C2CCCC2O)c1. The van der Waals surface area contributed by atoms with E-state index in [4.69, 9.17) is 0 Å². The number of aromatic hydroxyl groups is 1. The topological polar surface area (TPSA) is 69.6 Å². The van der Waals surface area contributed by atoms with Crippen molar-refractivity contribution in [3.8, 4) is 5.75 Å². The molecule has 0 saturated heterocycles. The van der Waals surface area contributed by atoms with Gasteiger partial charge >= 0.3 is 0 Å². The third-order valence-corrected chi connectivity index (χ3v) is 3.94. The van der Waals surface area contributed by atoms with Gasteiger partial charge in [0.25, 0.3) is 0 Å². The van der Waals surface area contributed by atoms with E-state index in [1.165, 1.54) is 0 Å². The molecule has 2 unspecified atom stereocenters. The molecule has 1 saturated carbocycles. The number of phenols is 1. The number of amides is 1. The van der Waals surface area contributed by atoms with Crippen LogP contribution >= 0.6 is 0 Å². The summed E-state index contributed by atoms with van der Waals surface area (Å²) in [4.78, 5) is 12.2. The van der Waals surface area contributed by atoms with Crippen LogP contribution in [0.3, 0.4) is 0 Å². The molecular weight excluding hydrogens is 254 g/mol. The molecule has 1 amide bonds. The number of carbonyl (C=O) groups excluding carboxylic acids is 1. The van der Waals surface area contributed by atoms with Crippen LogP contribution in [-0.4, -0.2) is 22.2 Å². The Balaban J connectivity index is 2.18. The molecule has 0 aliphatic heterocycles. The van der Waals surface area contributed by atoms with Gasteiger partial charge in [0.2, 0.25) is 5.91 Å². The summed E-state index contributed by atoms with van der Waals surface area (Å²) in [5, 5.41) is 22.4. The number of aliphatic hydroxyl groups excluding tert-OH is 1. The standard InChI is InChI=1S/C16H23NO3/c1-16(2,3)10-7-8-14(19)12(9-10)17-15(20)11-5-4-6-13(11)18/h7-9,11,13,18-19H,4-6H2,1-3H3,(H,17,20). The third kappa shape index (κ3) is 3.12.